The molecule has 0 aliphatic rings. The molecule has 100 valence electrons. The van der Waals surface area contributed by atoms with Crippen molar-refractivity contribution in [3.63, 3.8) is 0 Å². The molecule has 0 bridgehead atoms. The minimum atomic E-state index is -2.28. The zero-order chi connectivity index (χ0) is 13.9. The highest BCUT2D eigenvalue weighted by atomic mass is 19.2. The quantitative estimate of drug-likeness (QED) is 0.386. The summed E-state index contributed by atoms with van der Waals surface area (Å²) in [6.07, 6.45) is 1.23. The van der Waals surface area contributed by atoms with Crippen molar-refractivity contribution in [2.45, 2.75) is 19.8 Å². The molecule has 0 heterocycles. The fraction of sp³-hybridized carbons (Fsp3) is 0.364. The van der Waals surface area contributed by atoms with Gasteiger partial charge in [-0.25, -0.2) is 22.0 Å². The fourth-order valence-corrected chi connectivity index (χ4v) is 1.27. The van der Waals surface area contributed by atoms with Crippen LogP contribution in [0.5, 0.6) is 0 Å². The van der Waals surface area contributed by atoms with Crippen LogP contribution in [0.3, 0.4) is 0 Å². The third-order valence-electron chi connectivity index (χ3n) is 2.25. The number of hydrogen-bond donors (Lipinski definition) is 1. The monoisotopic (exact) mass is 267 g/mol. The van der Waals surface area contributed by atoms with Gasteiger partial charge in [0.15, 0.2) is 23.3 Å². The molecule has 0 saturated heterocycles. The zero-order valence-corrected chi connectivity index (χ0v) is 9.42. The molecule has 0 aliphatic carbocycles. The zero-order valence-electron chi connectivity index (χ0n) is 9.42. The second-order valence-electron chi connectivity index (χ2n) is 3.55. The minimum Gasteiger partial charge on any atom is -0.352 e. The Balaban J connectivity index is 3.13. The van der Waals surface area contributed by atoms with Crippen molar-refractivity contribution in [3.05, 3.63) is 34.6 Å². The lowest BCUT2D eigenvalue weighted by Crippen LogP contribution is -2.27. The second-order valence-corrected chi connectivity index (χ2v) is 3.55. The summed E-state index contributed by atoms with van der Waals surface area (Å²) in [5.74, 6) is -12.1. The summed E-state index contributed by atoms with van der Waals surface area (Å²) in [6.45, 7) is 1.90. The predicted molar refractivity (Wildman–Crippen MR) is 53.5 cm³/mol. The molecule has 1 aromatic carbocycles. The van der Waals surface area contributed by atoms with Crippen molar-refractivity contribution < 1.29 is 26.7 Å². The average molecular weight is 267 g/mol. The highest BCUT2D eigenvalue weighted by molar-refractivity contribution is 5.94. The molecule has 2 nitrogen and oxygen atoms in total. The largest absolute Gasteiger partial charge is 0.352 e. The molecular weight excluding hydrogens is 257 g/mol. The van der Waals surface area contributed by atoms with Gasteiger partial charge in [0.05, 0.1) is 0 Å². The molecule has 1 aromatic rings. The normalized spacial score (nSPS) is 10.6. The second kappa shape index (κ2) is 5.79. The van der Waals surface area contributed by atoms with Gasteiger partial charge < -0.3 is 5.32 Å². The Labute approximate surface area is 99.8 Å². The molecular formula is C11H10F5NO. The summed E-state index contributed by atoms with van der Waals surface area (Å²) in [4.78, 5) is 11.3. The van der Waals surface area contributed by atoms with Crippen molar-refractivity contribution in [1.29, 1.82) is 0 Å². The SMILES string of the molecule is CCCCNC(=O)c1c(F)c(F)c(F)c(F)c1F. The molecule has 1 rings (SSSR count). The minimum absolute atomic E-state index is 0.0921. The van der Waals surface area contributed by atoms with E-state index in [2.05, 4.69) is 5.32 Å². The van der Waals surface area contributed by atoms with Gasteiger partial charge in [-0.2, -0.15) is 0 Å². The maximum absolute atomic E-state index is 13.2. The lowest BCUT2D eigenvalue weighted by atomic mass is 10.1. The number of carbonyl (C=O) groups excluding carboxylic acids is 1. The summed E-state index contributed by atoms with van der Waals surface area (Å²) in [5.41, 5.74) is -1.46. The Bertz CT molecular complexity index is 446. The van der Waals surface area contributed by atoms with Gasteiger partial charge in [0, 0.05) is 6.54 Å². The summed E-state index contributed by atoms with van der Waals surface area (Å²) < 4.78 is 64.7. The van der Waals surface area contributed by atoms with Crippen molar-refractivity contribution in [2.24, 2.45) is 0 Å². The maximum Gasteiger partial charge on any atom is 0.257 e. The molecule has 0 saturated carbocycles. The lowest BCUT2D eigenvalue weighted by Gasteiger charge is -2.08. The number of halogens is 5. The predicted octanol–water partition coefficient (Wildman–Crippen LogP) is 2.91. The van der Waals surface area contributed by atoms with E-state index in [1.54, 1.807) is 0 Å². The summed E-state index contributed by atoms with van der Waals surface area (Å²) in [7, 11) is 0. The number of unbranched alkanes of at least 4 members (excludes halogenated alkanes) is 1. The van der Waals surface area contributed by atoms with Gasteiger partial charge in [-0.1, -0.05) is 13.3 Å². The van der Waals surface area contributed by atoms with Crippen LogP contribution in [0.2, 0.25) is 0 Å². The highest BCUT2D eigenvalue weighted by Crippen LogP contribution is 2.22. The molecule has 0 aromatic heterocycles. The van der Waals surface area contributed by atoms with Crippen molar-refractivity contribution >= 4 is 5.91 Å². The molecule has 1 amide bonds. The molecule has 0 atom stereocenters. The molecule has 0 radical (unpaired) electrons. The first kappa shape index (κ1) is 14.4. The third-order valence-corrected chi connectivity index (χ3v) is 2.25. The molecule has 7 heteroatoms. The maximum atomic E-state index is 13.2. The number of hydrogen-bond acceptors (Lipinski definition) is 1. The van der Waals surface area contributed by atoms with Gasteiger partial charge in [-0.15, -0.1) is 0 Å². The van der Waals surface area contributed by atoms with E-state index in [1.165, 1.54) is 0 Å². The van der Waals surface area contributed by atoms with Crippen molar-refractivity contribution in [2.75, 3.05) is 6.54 Å². The molecule has 0 fully saturated rings. The number of carbonyl (C=O) groups is 1. The van der Waals surface area contributed by atoms with E-state index in [0.717, 1.165) is 0 Å². The Morgan fingerprint density at radius 1 is 0.944 bits per heavy atom. The summed E-state index contributed by atoms with van der Waals surface area (Å²) in [6, 6.07) is 0. The third kappa shape index (κ3) is 2.60. The Morgan fingerprint density at radius 2 is 1.39 bits per heavy atom. The van der Waals surface area contributed by atoms with Gasteiger partial charge in [0.1, 0.15) is 5.56 Å². The Morgan fingerprint density at radius 3 is 1.83 bits per heavy atom. The van der Waals surface area contributed by atoms with Crippen LogP contribution in [0, 0.1) is 29.1 Å². The summed E-state index contributed by atoms with van der Waals surface area (Å²) in [5, 5.41) is 2.08. The number of rotatable bonds is 4. The van der Waals surface area contributed by atoms with Crippen molar-refractivity contribution in [1.82, 2.24) is 5.32 Å². The van der Waals surface area contributed by atoms with E-state index in [-0.39, 0.29) is 6.54 Å². The van der Waals surface area contributed by atoms with E-state index >= 15 is 0 Å². The topological polar surface area (TPSA) is 29.1 Å². The lowest BCUT2D eigenvalue weighted by molar-refractivity contribution is 0.0941. The average Bonchev–Trinajstić information content (AvgIpc) is 2.34. The van der Waals surface area contributed by atoms with Crippen LogP contribution in [0.25, 0.3) is 0 Å². The van der Waals surface area contributed by atoms with Crippen LogP contribution in [-0.2, 0) is 0 Å². The Hall–Kier alpha value is -1.66. The smallest absolute Gasteiger partial charge is 0.257 e. The van der Waals surface area contributed by atoms with E-state index in [4.69, 9.17) is 0 Å². The molecule has 18 heavy (non-hydrogen) atoms. The van der Waals surface area contributed by atoms with E-state index in [0.29, 0.717) is 12.8 Å². The molecule has 1 N–H and O–H groups in total. The van der Waals surface area contributed by atoms with Gasteiger partial charge in [-0.3, -0.25) is 4.79 Å². The van der Waals surface area contributed by atoms with Gasteiger partial charge in [-0.05, 0) is 6.42 Å². The van der Waals surface area contributed by atoms with Crippen LogP contribution in [0.15, 0.2) is 0 Å². The van der Waals surface area contributed by atoms with Crippen molar-refractivity contribution in [3.8, 4) is 0 Å². The number of benzene rings is 1. The fourth-order valence-electron chi connectivity index (χ4n) is 1.27. The molecule has 0 aliphatic heterocycles. The van der Waals surface area contributed by atoms with Crippen LogP contribution in [-0.4, -0.2) is 12.5 Å². The van der Waals surface area contributed by atoms with Gasteiger partial charge in [0.2, 0.25) is 5.82 Å². The first-order valence-electron chi connectivity index (χ1n) is 5.21. The molecule has 0 spiro atoms. The standard InChI is InChI=1S/C11H10F5NO/c1-2-3-4-17-11(18)5-6(12)8(14)10(16)9(15)7(5)13/h2-4H2,1H3,(H,17,18). The van der Waals surface area contributed by atoms with Crippen LogP contribution in [0.4, 0.5) is 22.0 Å². The number of nitrogens with one attached hydrogen (secondary N) is 1. The first-order chi connectivity index (χ1) is 8.41. The van der Waals surface area contributed by atoms with Crippen LogP contribution >= 0.6 is 0 Å². The van der Waals surface area contributed by atoms with E-state index in [9.17, 15) is 26.7 Å². The highest BCUT2D eigenvalue weighted by Gasteiger charge is 2.29. The van der Waals surface area contributed by atoms with Gasteiger partial charge >= 0.3 is 0 Å². The van der Waals surface area contributed by atoms with E-state index in [1.807, 2.05) is 6.92 Å². The molecule has 0 unspecified atom stereocenters. The van der Waals surface area contributed by atoms with Gasteiger partial charge in [0.25, 0.3) is 5.91 Å². The number of amides is 1. The Kier molecular flexibility index (Phi) is 4.63. The summed E-state index contributed by atoms with van der Waals surface area (Å²) >= 11 is 0. The van der Waals surface area contributed by atoms with Crippen LogP contribution < -0.4 is 5.32 Å². The van der Waals surface area contributed by atoms with E-state index < -0.39 is 40.6 Å². The van der Waals surface area contributed by atoms with Crippen LogP contribution in [0.1, 0.15) is 30.1 Å². The first-order valence-corrected chi connectivity index (χ1v) is 5.21.